The number of nitrogens with one attached hydrogen (secondary N) is 1. The van der Waals surface area contributed by atoms with Crippen LogP contribution in [0.25, 0.3) is 0 Å². The summed E-state index contributed by atoms with van der Waals surface area (Å²) < 4.78 is 37.7. The molecule has 2 unspecified atom stereocenters. The van der Waals surface area contributed by atoms with Gasteiger partial charge in [0.25, 0.3) is 0 Å². The number of carbonyl (C=O) groups excluding carboxylic acids is 5. The average molecular weight is 773 g/mol. The van der Waals surface area contributed by atoms with Crippen LogP contribution in [0.4, 0.5) is 4.79 Å². The summed E-state index contributed by atoms with van der Waals surface area (Å²) in [6.07, 6.45) is 12.5. The molecule has 0 bridgehead atoms. The van der Waals surface area contributed by atoms with Gasteiger partial charge in [-0.05, 0) is 84.7 Å². The molecule has 1 aliphatic heterocycles. The summed E-state index contributed by atoms with van der Waals surface area (Å²) in [5.74, 6) is -2.05. The number of amides is 1. The average Bonchev–Trinajstić information content (AvgIpc) is 3.68. The normalized spacial score (nSPS) is 13.9. The molecule has 2 atom stereocenters. The lowest BCUT2D eigenvalue weighted by Gasteiger charge is -2.20. The maximum absolute atomic E-state index is 12.9. The topological polar surface area (TPSA) is 165 Å². The lowest BCUT2D eigenvalue weighted by Crippen LogP contribution is -2.35. The molecule has 0 radical (unpaired) electrons. The van der Waals surface area contributed by atoms with E-state index >= 15 is 0 Å². The van der Waals surface area contributed by atoms with E-state index in [0.717, 1.165) is 64.6 Å². The molecule has 1 heterocycles. The monoisotopic (exact) mass is 773 g/mol. The van der Waals surface area contributed by atoms with Gasteiger partial charge in [-0.15, -0.1) is 0 Å². The highest BCUT2D eigenvalue weighted by Crippen LogP contribution is 2.15. The van der Waals surface area contributed by atoms with Crippen molar-refractivity contribution in [1.29, 1.82) is 0 Å². The number of nitrogens with zero attached hydrogens (tertiary/aromatic N) is 1. The SMILES string of the molecule is CCCCCCC(CCC(=O)OCC(COC(=O)CCCCCCOCOCC)COC(=O)CCCCCC(=O)OCC)OC(=O)NCCN1CCCC1. The Morgan fingerprint density at radius 1 is 0.593 bits per heavy atom. The lowest BCUT2D eigenvalue weighted by molar-refractivity contribution is -0.154. The first-order chi connectivity index (χ1) is 26.3. The van der Waals surface area contributed by atoms with Crippen LogP contribution in [0.5, 0.6) is 0 Å². The van der Waals surface area contributed by atoms with Crippen molar-refractivity contribution < 1.29 is 57.1 Å². The molecule has 0 aromatic heterocycles. The zero-order valence-corrected chi connectivity index (χ0v) is 33.7. The minimum atomic E-state index is -0.546. The molecular weight excluding hydrogens is 700 g/mol. The smallest absolute Gasteiger partial charge is 0.407 e. The van der Waals surface area contributed by atoms with Crippen LogP contribution >= 0.6 is 0 Å². The Kier molecular flexibility index (Phi) is 31.4. The molecule has 14 heteroatoms. The minimum Gasteiger partial charge on any atom is -0.466 e. The second-order valence-corrected chi connectivity index (χ2v) is 13.9. The zero-order valence-electron chi connectivity index (χ0n) is 33.7. The van der Waals surface area contributed by atoms with Gasteiger partial charge in [-0.2, -0.15) is 0 Å². The highest BCUT2D eigenvalue weighted by Gasteiger charge is 2.21. The largest absolute Gasteiger partial charge is 0.466 e. The summed E-state index contributed by atoms with van der Waals surface area (Å²) in [5.41, 5.74) is 0. The molecule has 1 saturated heterocycles. The summed E-state index contributed by atoms with van der Waals surface area (Å²) in [6.45, 7) is 10.8. The van der Waals surface area contributed by atoms with Crippen LogP contribution in [0.1, 0.15) is 143 Å². The Hall–Kier alpha value is -2.97. The molecule has 0 saturated carbocycles. The molecule has 14 nitrogen and oxygen atoms in total. The number of esters is 4. The van der Waals surface area contributed by atoms with Crippen molar-refractivity contribution in [2.45, 2.75) is 149 Å². The molecule has 1 aliphatic rings. The number of likely N-dealkylation sites (tertiary alicyclic amines) is 1. The van der Waals surface area contributed by atoms with Crippen molar-refractivity contribution in [2.75, 3.05) is 72.6 Å². The van der Waals surface area contributed by atoms with E-state index in [-0.39, 0.29) is 57.8 Å². The van der Waals surface area contributed by atoms with E-state index in [1.54, 1.807) is 6.92 Å². The molecule has 0 aliphatic carbocycles. The highest BCUT2D eigenvalue weighted by atomic mass is 16.7. The Morgan fingerprint density at radius 3 is 1.74 bits per heavy atom. The fourth-order valence-corrected chi connectivity index (χ4v) is 5.83. The van der Waals surface area contributed by atoms with Crippen LogP contribution in [0.15, 0.2) is 0 Å². The number of ether oxygens (including phenoxy) is 7. The third-order valence-electron chi connectivity index (χ3n) is 9.02. The van der Waals surface area contributed by atoms with Crippen LogP contribution in [-0.2, 0) is 52.3 Å². The summed E-state index contributed by atoms with van der Waals surface area (Å²) in [4.78, 5) is 64.2. The summed E-state index contributed by atoms with van der Waals surface area (Å²) in [5, 5.41) is 2.84. The van der Waals surface area contributed by atoms with Gasteiger partial charge in [0.2, 0.25) is 0 Å². The Bertz CT molecular complexity index is 992. The molecule has 0 aromatic carbocycles. The van der Waals surface area contributed by atoms with Gasteiger partial charge >= 0.3 is 30.0 Å². The van der Waals surface area contributed by atoms with Crippen molar-refractivity contribution in [1.82, 2.24) is 10.2 Å². The molecule has 1 rings (SSSR count). The van der Waals surface area contributed by atoms with E-state index in [1.165, 1.54) is 12.8 Å². The zero-order chi connectivity index (χ0) is 39.5. The van der Waals surface area contributed by atoms with E-state index < -0.39 is 30.1 Å². The molecule has 1 fully saturated rings. The van der Waals surface area contributed by atoms with Gasteiger partial charge in [0.15, 0.2) is 0 Å². The number of carbonyl (C=O) groups is 5. The number of alkyl carbamates (subject to hydrolysis) is 1. The van der Waals surface area contributed by atoms with Gasteiger partial charge in [0.1, 0.15) is 32.7 Å². The number of hydrogen-bond donors (Lipinski definition) is 1. The van der Waals surface area contributed by atoms with E-state index in [4.69, 9.17) is 33.2 Å². The molecule has 0 aromatic rings. The van der Waals surface area contributed by atoms with E-state index in [1.807, 2.05) is 6.92 Å². The second-order valence-electron chi connectivity index (χ2n) is 13.9. The molecule has 0 spiro atoms. The van der Waals surface area contributed by atoms with Gasteiger partial charge in [0.05, 0.1) is 12.5 Å². The standard InChI is InChI=1S/C40H72N2O12/c1-4-7-8-12-19-35(54-40(47)41-25-28-42-26-16-17-27-42)23-24-39(46)53-32-34(31-52-38(45)22-15-11-14-20-36(43)50-6-3)30-51-37(44)21-13-9-10-18-29-49-33-48-5-2/h34-35H,4-33H2,1-3H3,(H,41,47). The first-order valence-corrected chi connectivity index (χ1v) is 20.7. The highest BCUT2D eigenvalue weighted by molar-refractivity contribution is 5.71. The van der Waals surface area contributed by atoms with Crippen LogP contribution in [0, 0.1) is 5.92 Å². The molecule has 314 valence electrons. The third-order valence-corrected chi connectivity index (χ3v) is 9.02. The van der Waals surface area contributed by atoms with Crippen molar-refractivity contribution >= 4 is 30.0 Å². The quantitative estimate of drug-likeness (QED) is 0.0315. The van der Waals surface area contributed by atoms with E-state index in [9.17, 15) is 24.0 Å². The van der Waals surface area contributed by atoms with Crippen LogP contribution < -0.4 is 5.32 Å². The molecule has 1 N–H and O–H groups in total. The first kappa shape index (κ1) is 49.0. The van der Waals surface area contributed by atoms with E-state index in [2.05, 4.69) is 17.1 Å². The number of hydrogen-bond acceptors (Lipinski definition) is 13. The fourth-order valence-electron chi connectivity index (χ4n) is 5.83. The number of rotatable bonds is 35. The molecule has 1 amide bonds. The van der Waals surface area contributed by atoms with Crippen molar-refractivity contribution in [3.05, 3.63) is 0 Å². The summed E-state index contributed by atoms with van der Waals surface area (Å²) >= 11 is 0. The van der Waals surface area contributed by atoms with Crippen LogP contribution in [0.3, 0.4) is 0 Å². The van der Waals surface area contributed by atoms with Crippen molar-refractivity contribution in [2.24, 2.45) is 5.92 Å². The predicted molar refractivity (Wildman–Crippen MR) is 204 cm³/mol. The summed E-state index contributed by atoms with van der Waals surface area (Å²) in [7, 11) is 0. The van der Waals surface area contributed by atoms with Gasteiger partial charge in [-0.25, -0.2) is 4.79 Å². The maximum Gasteiger partial charge on any atom is 0.407 e. The third kappa shape index (κ3) is 29.4. The van der Waals surface area contributed by atoms with Gasteiger partial charge in [-0.1, -0.05) is 45.4 Å². The predicted octanol–water partition coefficient (Wildman–Crippen LogP) is 6.65. The molecular formula is C40H72N2O12. The van der Waals surface area contributed by atoms with Crippen LogP contribution in [-0.4, -0.2) is 114 Å². The Labute approximate surface area is 324 Å². The van der Waals surface area contributed by atoms with Crippen LogP contribution in [0.2, 0.25) is 0 Å². The second kappa shape index (κ2) is 34.5. The van der Waals surface area contributed by atoms with Crippen molar-refractivity contribution in [3.8, 4) is 0 Å². The fraction of sp³-hybridized carbons (Fsp3) is 0.875. The Morgan fingerprint density at radius 2 is 1.15 bits per heavy atom. The van der Waals surface area contributed by atoms with Crippen molar-refractivity contribution in [3.63, 3.8) is 0 Å². The van der Waals surface area contributed by atoms with E-state index in [0.29, 0.717) is 71.3 Å². The summed E-state index contributed by atoms with van der Waals surface area (Å²) in [6, 6.07) is 0. The first-order valence-electron chi connectivity index (χ1n) is 20.7. The van der Waals surface area contributed by atoms with Gasteiger partial charge < -0.3 is 43.4 Å². The molecule has 54 heavy (non-hydrogen) atoms. The minimum absolute atomic E-state index is 0.0499. The van der Waals surface area contributed by atoms with Gasteiger partial charge in [0, 0.05) is 52.0 Å². The number of unbranched alkanes of at least 4 members (excludes halogenated alkanes) is 8. The van der Waals surface area contributed by atoms with Gasteiger partial charge in [-0.3, -0.25) is 19.2 Å². The Balaban J connectivity index is 2.56. The lowest BCUT2D eigenvalue weighted by atomic mass is 10.1. The maximum atomic E-state index is 12.9.